The molecule has 1 atom stereocenters. The van der Waals surface area contributed by atoms with Gasteiger partial charge >= 0.3 is 0 Å². The van der Waals surface area contributed by atoms with Crippen molar-refractivity contribution < 1.29 is 4.74 Å². The van der Waals surface area contributed by atoms with Crippen molar-refractivity contribution in [2.45, 2.75) is 51.1 Å². The monoisotopic (exact) mass is 339 g/mol. The summed E-state index contributed by atoms with van der Waals surface area (Å²) in [6.07, 6.45) is 4.71. The van der Waals surface area contributed by atoms with Gasteiger partial charge in [-0.2, -0.15) is 0 Å². The fraction of sp³-hybridized carbons (Fsp3) is 0.944. The largest absolute Gasteiger partial charge is 0.381 e. The first kappa shape index (κ1) is 19.5. The van der Waals surface area contributed by atoms with Gasteiger partial charge in [-0.1, -0.05) is 6.92 Å². The van der Waals surface area contributed by atoms with Gasteiger partial charge in [0.2, 0.25) is 0 Å². The van der Waals surface area contributed by atoms with Crippen molar-refractivity contribution in [2.75, 3.05) is 60.0 Å². The predicted octanol–water partition coefficient (Wildman–Crippen LogP) is 1.14. The highest BCUT2D eigenvalue weighted by Crippen LogP contribution is 2.26. The molecular weight excluding hydrogens is 302 g/mol. The molecule has 0 radical (unpaired) electrons. The Morgan fingerprint density at radius 2 is 2.00 bits per heavy atom. The van der Waals surface area contributed by atoms with E-state index in [0.29, 0.717) is 6.04 Å². The lowest BCUT2D eigenvalue weighted by Gasteiger charge is -2.41. The van der Waals surface area contributed by atoms with Crippen molar-refractivity contribution in [3.8, 4) is 0 Å². The summed E-state index contributed by atoms with van der Waals surface area (Å²) in [6, 6.07) is 0.643. The summed E-state index contributed by atoms with van der Waals surface area (Å²) in [5, 5.41) is 6.98. The fourth-order valence-electron chi connectivity index (χ4n) is 3.82. The summed E-state index contributed by atoms with van der Waals surface area (Å²) < 4.78 is 5.56. The Morgan fingerprint density at radius 3 is 2.62 bits per heavy atom. The number of aliphatic imine (C=N–C) groups is 1. The van der Waals surface area contributed by atoms with Crippen molar-refractivity contribution in [2.24, 2.45) is 4.99 Å². The molecule has 0 saturated carbocycles. The maximum atomic E-state index is 5.56. The number of ether oxygens (including phenoxy) is 1. The van der Waals surface area contributed by atoms with E-state index < -0.39 is 0 Å². The van der Waals surface area contributed by atoms with Crippen LogP contribution in [0.25, 0.3) is 0 Å². The Bertz CT molecular complexity index is 393. The van der Waals surface area contributed by atoms with Gasteiger partial charge < -0.3 is 20.3 Å². The first-order valence-corrected chi connectivity index (χ1v) is 9.62. The lowest BCUT2D eigenvalue weighted by molar-refractivity contribution is -0.00255. The van der Waals surface area contributed by atoms with Gasteiger partial charge in [0, 0.05) is 37.9 Å². The second kappa shape index (κ2) is 9.59. The van der Waals surface area contributed by atoms with Crippen LogP contribution in [0.3, 0.4) is 0 Å². The Balaban J connectivity index is 1.93. The SMILES string of the molecule is CCNC(=NCC1(N(C)C)CCOCC1)NCC1CCCN1CC. The van der Waals surface area contributed by atoms with Crippen molar-refractivity contribution in [3.63, 3.8) is 0 Å². The van der Waals surface area contributed by atoms with E-state index in [0.717, 1.165) is 58.2 Å². The highest BCUT2D eigenvalue weighted by Gasteiger charge is 2.34. The molecule has 0 bridgehead atoms. The molecule has 0 aromatic rings. The van der Waals surface area contributed by atoms with Gasteiger partial charge in [-0.3, -0.25) is 9.89 Å². The molecule has 0 spiro atoms. The number of rotatable bonds is 7. The maximum Gasteiger partial charge on any atom is 0.191 e. The van der Waals surface area contributed by atoms with Crippen molar-refractivity contribution in [1.29, 1.82) is 0 Å². The molecule has 2 fully saturated rings. The van der Waals surface area contributed by atoms with Crippen LogP contribution in [0.2, 0.25) is 0 Å². The van der Waals surface area contributed by atoms with Gasteiger partial charge in [-0.25, -0.2) is 0 Å². The Hall–Kier alpha value is -0.850. The second-order valence-corrected chi connectivity index (χ2v) is 7.23. The average molecular weight is 340 g/mol. The molecule has 0 amide bonds. The van der Waals surface area contributed by atoms with E-state index in [4.69, 9.17) is 9.73 Å². The smallest absolute Gasteiger partial charge is 0.191 e. The number of likely N-dealkylation sites (N-methyl/N-ethyl adjacent to an activating group) is 2. The van der Waals surface area contributed by atoms with Gasteiger partial charge in [0.1, 0.15) is 0 Å². The first-order chi connectivity index (χ1) is 11.6. The molecule has 0 aromatic heterocycles. The summed E-state index contributed by atoms with van der Waals surface area (Å²) in [5.41, 5.74) is 0.128. The van der Waals surface area contributed by atoms with Gasteiger partial charge in [0.15, 0.2) is 5.96 Å². The van der Waals surface area contributed by atoms with E-state index in [1.165, 1.54) is 19.4 Å². The zero-order valence-electron chi connectivity index (χ0n) is 16.1. The van der Waals surface area contributed by atoms with E-state index >= 15 is 0 Å². The molecule has 24 heavy (non-hydrogen) atoms. The predicted molar refractivity (Wildman–Crippen MR) is 101 cm³/mol. The lowest BCUT2D eigenvalue weighted by atomic mass is 9.89. The van der Waals surface area contributed by atoms with Crippen molar-refractivity contribution in [3.05, 3.63) is 0 Å². The number of hydrogen-bond donors (Lipinski definition) is 2. The summed E-state index contributed by atoms with van der Waals surface area (Å²) in [4.78, 5) is 9.82. The second-order valence-electron chi connectivity index (χ2n) is 7.23. The van der Waals surface area contributed by atoms with E-state index in [-0.39, 0.29) is 5.54 Å². The molecule has 140 valence electrons. The highest BCUT2D eigenvalue weighted by atomic mass is 16.5. The van der Waals surface area contributed by atoms with Crippen LogP contribution in [0, 0.1) is 0 Å². The molecular formula is C18H37N5O. The normalized spacial score (nSPS) is 25.2. The summed E-state index contributed by atoms with van der Waals surface area (Å²) in [6.45, 7) is 11.1. The molecule has 2 rings (SSSR count). The zero-order chi connectivity index (χ0) is 17.4. The lowest BCUT2D eigenvalue weighted by Crippen LogP contribution is -2.52. The molecule has 1 unspecified atom stereocenters. The van der Waals surface area contributed by atoms with Crippen LogP contribution in [0.5, 0.6) is 0 Å². The molecule has 2 heterocycles. The van der Waals surface area contributed by atoms with Crippen molar-refractivity contribution in [1.82, 2.24) is 20.4 Å². The molecule has 2 N–H and O–H groups in total. The number of hydrogen-bond acceptors (Lipinski definition) is 4. The number of likely N-dealkylation sites (tertiary alicyclic amines) is 1. The molecule has 0 aliphatic carbocycles. The van der Waals surface area contributed by atoms with Crippen LogP contribution >= 0.6 is 0 Å². The van der Waals surface area contributed by atoms with Crippen LogP contribution in [0.4, 0.5) is 0 Å². The third kappa shape index (κ3) is 5.07. The van der Waals surface area contributed by atoms with E-state index in [1.807, 2.05) is 0 Å². The molecule has 6 heteroatoms. The Labute approximate surface area is 148 Å². The molecule has 0 aromatic carbocycles. The van der Waals surface area contributed by atoms with E-state index in [1.54, 1.807) is 0 Å². The first-order valence-electron chi connectivity index (χ1n) is 9.62. The van der Waals surface area contributed by atoms with Gasteiger partial charge in [0.25, 0.3) is 0 Å². The highest BCUT2D eigenvalue weighted by molar-refractivity contribution is 5.79. The minimum Gasteiger partial charge on any atom is -0.381 e. The summed E-state index contributed by atoms with van der Waals surface area (Å²) in [7, 11) is 4.33. The third-order valence-electron chi connectivity index (χ3n) is 5.66. The average Bonchev–Trinajstić information content (AvgIpc) is 3.05. The summed E-state index contributed by atoms with van der Waals surface area (Å²) >= 11 is 0. The quantitative estimate of drug-likeness (QED) is 0.538. The van der Waals surface area contributed by atoms with Crippen LogP contribution < -0.4 is 10.6 Å². The Morgan fingerprint density at radius 1 is 1.25 bits per heavy atom. The minimum atomic E-state index is 0.128. The zero-order valence-corrected chi connectivity index (χ0v) is 16.1. The molecule has 2 aliphatic heterocycles. The van der Waals surface area contributed by atoms with Crippen LogP contribution in [0.1, 0.15) is 39.5 Å². The number of nitrogens with one attached hydrogen (secondary N) is 2. The summed E-state index contributed by atoms with van der Waals surface area (Å²) in [5.74, 6) is 0.952. The van der Waals surface area contributed by atoms with Crippen LogP contribution in [-0.4, -0.2) is 87.4 Å². The maximum absolute atomic E-state index is 5.56. The van der Waals surface area contributed by atoms with E-state index in [9.17, 15) is 0 Å². The Kier molecular flexibility index (Phi) is 7.78. The van der Waals surface area contributed by atoms with E-state index in [2.05, 4.69) is 48.4 Å². The standard InChI is InChI=1S/C18H37N5O/c1-5-19-17(20-14-16-8-7-11-23(16)6-2)21-15-18(22(3)4)9-12-24-13-10-18/h16H,5-15H2,1-4H3,(H2,19,20,21). The number of guanidine groups is 1. The van der Waals surface area contributed by atoms with Crippen molar-refractivity contribution >= 4 is 5.96 Å². The van der Waals surface area contributed by atoms with Gasteiger partial charge in [-0.15, -0.1) is 0 Å². The molecule has 2 saturated heterocycles. The van der Waals surface area contributed by atoms with Crippen LogP contribution in [-0.2, 0) is 4.74 Å². The van der Waals surface area contributed by atoms with Crippen LogP contribution in [0.15, 0.2) is 4.99 Å². The topological polar surface area (TPSA) is 52.1 Å². The van der Waals surface area contributed by atoms with Gasteiger partial charge in [-0.05, 0) is 59.8 Å². The molecule has 2 aliphatic rings. The minimum absolute atomic E-state index is 0.128. The fourth-order valence-corrected chi connectivity index (χ4v) is 3.82. The van der Waals surface area contributed by atoms with Gasteiger partial charge in [0.05, 0.1) is 6.54 Å². The molecule has 6 nitrogen and oxygen atoms in total. The number of nitrogens with zero attached hydrogens (tertiary/aromatic N) is 3. The third-order valence-corrected chi connectivity index (χ3v) is 5.66.